The molecule has 0 spiro atoms. The molecule has 1 saturated carbocycles. The third-order valence-corrected chi connectivity index (χ3v) is 10.3. The van der Waals surface area contributed by atoms with Crippen LogP contribution in [-0.2, 0) is 19.6 Å². The number of benzene rings is 3. The molecule has 44 heavy (non-hydrogen) atoms. The van der Waals surface area contributed by atoms with E-state index in [9.17, 15) is 26.8 Å². The minimum absolute atomic E-state index is 0.135. The Hall–Kier alpha value is -3.87. The number of carbonyl (C=O) groups is 2. The highest BCUT2D eigenvalue weighted by Crippen LogP contribution is 2.37. The quantitative estimate of drug-likeness (QED) is 0.299. The van der Waals surface area contributed by atoms with Crippen LogP contribution in [0.15, 0.2) is 83.8 Å². The average molecular weight is 627 g/mol. The summed E-state index contributed by atoms with van der Waals surface area (Å²) in [5.41, 5.74) is 1.10. The van der Waals surface area contributed by atoms with Crippen molar-refractivity contribution >= 4 is 22.0 Å². The normalized spacial score (nSPS) is 21.0. The number of alkyl carbamates (subject to hydrolysis) is 1. The smallest absolute Gasteiger partial charge is 0.407 e. The van der Waals surface area contributed by atoms with Crippen LogP contribution in [0.2, 0.25) is 0 Å². The monoisotopic (exact) mass is 626 g/mol. The van der Waals surface area contributed by atoms with E-state index in [2.05, 4.69) is 16.0 Å². The second-order valence-electron chi connectivity index (χ2n) is 11.2. The third-order valence-electron chi connectivity index (χ3n) is 8.30. The number of hydrogen-bond donors (Lipinski definition) is 3. The molecule has 234 valence electrons. The molecule has 0 radical (unpaired) electrons. The van der Waals surface area contributed by atoms with Crippen molar-refractivity contribution in [1.82, 2.24) is 20.3 Å². The molecule has 5 rings (SSSR count). The lowest BCUT2D eigenvalue weighted by atomic mass is 9.84. The summed E-state index contributed by atoms with van der Waals surface area (Å²) in [6.07, 6.45) is 1.21. The lowest BCUT2D eigenvalue weighted by molar-refractivity contribution is -0.123. The van der Waals surface area contributed by atoms with Crippen LogP contribution in [0.4, 0.5) is 13.6 Å². The number of nitrogens with one attached hydrogen (secondary N) is 3. The first-order chi connectivity index (χ1) is 21.2. The maximum atomic E-state index is 13.8. The Morgan fingerprint density at radius 1 is 0.955 bits per heavy atom. The Bertz CT molecular complexity index is 1500. The molecule has 2 amide bonds. The van der Waals surface area contributed by atoms with Crippen molar-refractivity contribution in [3.05, 3.63) is 102 Å². The van der Waals surface area contributed by atoms with Crippen LogP contribution in [0.1, 0.15) is 36.3 Å². The molecule has 1 aliphatic heterocycles. The van der Waals surface area contributed by atoms with Gasteiger partial charge in [-0.1, -0.05) is 42.5 Å². The minimum Gasteiger partial charge on any atom is -0.453 e. The summed E-state index contributed by atoms with van der Waals surface area (Å²) < 4.78 is 60.6. The molecule has 3 aromatic rings. The summed E-state index contributed by atoms with van der Waals surface area (Å²) in [5, 5.41) is 8.94. The summed E-state index contributed by atoms with van der Waals surface area (Å²) >= 11 is 0. The average Bonchev–Trinajstić information content (AvgIpc) is 3.79. The Balaban J connectivity index is 1.28. The fraction of sp³-hybridized carbons (Fsp3) is 0.375. The zero-order valence-corrected chi connectivity index (χ0v) is 25.1. The zero-order valence-electron chi connectivity index (χ0n) is 24.3. The van der Waals surface area contributed by atoms with Crippen molar-refractivity contribution in [1.29, 1.82) is 0 Å². The van der Waals surface area contributed by atoms with E-state index in [0.29, 0.717) is 50.0 Å². The molecule has 2 aliphatic rings. The van der Waals surface area contributed by atoms with Gasteiger partial charge in [0.25, 0.3) is 0 Å². The topological polar surface area (TPSA) is 117 Å². The Morgan fingerprint density at radius 2 is 1.57 bits per heavy atom. The lowest BCUT2D eigenvalue weighted by Gasteiger charge is -2.35. The third kappa shape index (κ3) is 7.43. The predicted octanol–water partition coefficient (Wildman–Crippen LogP) is 3.77. The maximum absolute atomic E-state index is 13.8. The predicted molar refractivity (Wildman–Crippen MR) is 160 cm³/mol. The molecular weight excluding hydrogens is 590 g/mol. The molecule has 9 nitrogen and oxygen atoms in total. The van der Waals surface area contributed by atoms with Crippen LogP contribution in [-0.4, -0.2) is 69.6 Å². The van der Waals surface area contributed by atoms with Gasteiger partial charge in [-0.3, -0.25) is 4.79 Å². The standard InChI is InChI=1S/C32H36F2N4O5S/c1-43-32(40)37-30(29(21-7-12-24(33)13-8-21)22-9-14-25(34)15-10-22)31(39)36-28-19-23(28)11-16-26-20-35-17-18-38(26)44(41,42)27-5-3-2-4-6-27/h2-10,12-15,23,26,28-30,35H,11,16-20H2,1H3,(H,36,39)(H,37,40)/t23?,26-,28?,30+/m0/s1. The molecule has 1 aliphatic carbocycles. The van der Waals surface area contributed by atoms with Crippen molar-refractivity contribution in [2.24, 2.45) is 5.92 Å². The Labute approximate surface area is 256 Å². The van der Waals surface area contributed by atoms with Crippen molar-refractivity contribution in [2.45, 2.75) is 48.2 Å². The van der Waals surface area contributed by atoms with Crippen molar-refractivity contribution < 1.29 is 31.5 Å². The Morgan fingerprint density at radius 3 is 2.16 bits per heavy atom. The van der Waals surface area contributed by atoms with Gasteiger partial charge in [0.15, 0.2) is 0 Å². The summed E-state index contributed by atoms with van der Waals surface area (Å²) in [4.78, 5) is 26.4. The zero-order chi connectivity index (χ0) is 31.3. The molecule has 2 fully saturated rings. The number of amides is 2. The second kappa shape index (κ2) is 13.8. The fourth-order valence-corrected chi connectivity index (χ4v) is 7.53. The molecule has 1 heterocycles. The van der Waals surface area contributed by atoms with Gasteiger partial charge in [0.05, 0.1) is 12.0 Å². The highest BCUT2D eigenvalue weighted by molar-refractivity contribution is 7.89. The molecule has 1 saturated heterocycles. The number of hydrogen-bond acceptors (Lipinski definition) is 6. The van der Waals surface area contributed by atoms with Crippen LogP contribution < -0.4 is 16.0 Å². The van der Waals surface area contributed by atoms with E-state index >= 15 is 0 Å². The summed E-state index contributed by atoms with van der Waals surface area (Å²) in [6, 6.07) is 18.0. The molecular formula is C32H36F2N4O5S. The van der Waals surface area contributed by atoms with Crippen LogP contribution in [0, 0.1) is 17.6 Å². The summed E-state index contributed by atoms with van der Waals surface area (Å²) in [7, 11) is -2.45. The molecule has 0 bridgehead atoms. The van der Waals surface area contributed by atoms with E-state index in [1.54, 1.807) is 34.6 Å². The van der Waals surface area contributed by atoms with Crippen molar-refractivity contribution in [3.63, 3.8) is 0 Å². The van der Waals surface area contributed by atoms with E-state index in [-0.39, 0.29) is 22.9 Å². The van der Waals surface area contributed by atoms with Gasteiger partial charge < -0.3 is 20.7 Å². The van der Waals surface area contributed by atoms with Gasteiger partial charge in [-0.25, -0.2) is 22.0 Å². The second-order valence-corrected chi connectivity index (χ2v) is 13.1. The van der Waals surface area contributed by atoms with E-state index < -0.39 is 45.6 Å². The van der Waals surface area contributed by atoms with Crippen LogP contribution >= 0.6 is 0 Å². The lowest BCUT2D eigenvalue weighted by Crippen LogP contribution is -2.53. The fourth-order valence-electron chi connectivity index (χ4n) is 5.86. The van der Waals surface area contributed by atoms with E-state index in [1.807, 2.05) is 0 Å². The highest BCUT2D eigenvalue weighted by atomic mass is 32.2. The van der Waals surface area contributed by atoms with Gasteiger partial charge in [0.1, 0.15) is 17.7 Å². The molecule has 2 unspecified atom stereocenters. The molecule has 0 aromatic heterocycles. The molecule has 3 N–H and O–H groups in total. The van der Waals surface area contributed by atoms with Gasteiger partial charge in [-0.15, -0.1) is 0 Å². The van der Waals surface area contributed by atoms with Crippen LogP contribution in [0.3, 0.4) is 0 Å². The molecule has 3 aromatic carbocycles. The summed E-state index contributed by atoms with van der Waals surface area (Å²) in [6.45, 7) is 1.49. The van der Waals surface area contributed by atoms with E-state index in [1.165, 1.54) is 55.6 Å². The first-order valence-electron chi connectivity index (χ1n) is 14.6. The van der Waals surface area contributed by atoms with Crippen molar-refractivity contribution in [3.8, 4) is 0 Å². The molecule has 4 atom stereocenters. The summed E-state index contributed by atoms with van der Waals surface area (Å²) in [5.74, 6) is -2.02. The van der Waals surface area contributed by atoms with Gasteiger partial charge in [-0.05, 0) is 72.7 Å². The first-order valence-corrected chi connectivity index (χ1v) is 16.0. The number of nitrogens with zero attached hydrogens (tertiary/aromatic N) is 1. The minimum atomic E-state index is -3.64. The van der Waals surface area contributed by atoms with Gasteiger partial charge >= 0.3 is 6.09 Å². The van der Waals surface area contributed by atoms with E-state index in [0.717, 1.165) is 0 Å². The van der Waals surface area contributed by atoms with E-state index in [4.69, 9.17) is 4.74 Å². The number of piperazine rings is 1. The van der Waals surface area contributed by atoms with Crippen molar-refractivity contribution in [2.75, 3.05) is 26.7 Å². The van der Waals surface area contributed by atoms with Crippen LogP contribution in [0.5, 0.6) is 0 Å². The number of sulfonamides is 1. The van der Waals surface area contributed by atoms with Gasteiger partial charge in [-0.2, -0.15) is 4.31 Å². The van der Waals surface area contributed by atoms with Gasteiger partial charge in [0.2, 0.25) is 15.9 Å². The number of methoxy groups -OCH3 is 1. The SMILES string of the molecule is COC(=O)N[C@@H](C(=O)NC1CC1CC[C@H]1CNCCN1S(=O)(=O)c1ccccc1)C(c1ccc(F)cc1)c1ccc(F)cc1. The number of ether oxygens (including phenoxy) is 1. The number of halogens is 2. The molecule has 12 heteroatoms. The maximum Gasteiger partial charge on any atom is 0.407 e. The van der Waals surface area contributed by atoms with Gasteiger partial charge in [0, 0.05) is 37.6 Å². The van der Waals surface area contributed by atoms with Crippen LogP contribution in [0.25, 0.3) is 0 Å². The largest absolute Gasteiger partial charge is 0.453 e. The first kappa shape index (κ1) is 31.6. The highest BCUT2D eigenvalue weighted by Gasteiger charge is 2.43. The number of rotatable bonds is 11. The Kier molecular flexibility index (Phi) is 9.92. The number of carbonyl (C=O) groups excluding carboxylic acids is 2.